The van der Waals surface area contributed by atoms with Crippen molar-refractivity contribution in [2.24, 2.45) is 0 Å². The molecule has 1 amide bonds. The number of carbonyl (C=O) groups is 2. The molecule has 0 fully saturated rings. The lowest BCUT2D eigenvalue weighted by Crippen LogP contribution is -2.26. The number of carbonyl (C=O) groups excluding carboxylic acids is 2. The zero-order chi connectivity index (χ0) is 25.1. The van der Waals surface area contributed by atoms with E-state index >= 15 is 0 Å². The standard InChI is InChI=1S/C24H20FN3O6S/c1-4-34-24(31)19-14-12-35-22(26-21(29)13-8-7-11-17(32-2)20(13)33-3)18(14)23(30)28(27-19)16-10-6-5-9-15(16)25/h5-12H,4H2,1-3H3,(H,26,29). The fourth-order valence-electron chi connectivity index (χ4n) is 3.52. The number of halogens is 1. The second-order valence-corrected chi connectivity index (χ2v) is 7.97. The molecule has 0 saturated carbocycles. The summed E-state index contributed by atoms with van der Waals surface area (Å²) in [7, 11) is 2.85. The third kappa shape index (κ3) is 4.33. The predicted molar refractivity (Wildman–Crippen MR) is 129 cm³/mol. The Bertz CT molecular complexity index is 1500. The number of nitrogens with one attached hydrogen (secondary N) is 1. The van der Waals surface area contributed by atoms with Crippen LogP contribution in [0.5, 0.6) is 11.5 Å². The number of esters is 1. The van der Waals surface area contributed by atoms with E-state index in [0.717, 1.165) is 16.0 Å². The molecule has 2 aromatic heterocycles. The quantitative estimate of drug-likeness (QED) is 0.384. The van der Waals surface area contributed by atoms with Crippen LogP contribution in [0.2, 0.25) is 0 Å². The molecule has 0 radical (unpaired) electrons. The minimum Gasteiger partial charge on any atom is -0.493 e. The fourth-order valence-corrected chi connectivity index (χ4v) is 4.45. The lowest BCUT2D eigenvalue weighted by atomic mass is 10.1. The number of fused-ring (bicyclic) bond motifs is 1. The largest absolute Gasteiger partial charge is 0.493 e. The molecule has 11 heteroatoms. The van der Waals surface area contributed by atoms with Crippen molar-refractivity contribution in [3.63, 3.8) is 0 Å². The third-order valence-corrected chi connectivity index (χ3v) is 5.97. The molecular formula is C24H20FN3O6S. The Morgan fingerprint density at radius 3 is 2.57 bits per heavy atom. The van der Waals surface area contributed by atoms with Crippen LogP contribution in [0, 0.1) is 5.82 Å². The SMILES string of the molecule is CCOC(=O)c1nn(-c2ccccc2F)c(=O)c2c(NC(=O)c3cccc(OC)c3OC)scc12. The first-order valence-electron chi connectivity index (χ1n) is 10.4. The highest BCUT2D eigenvalue weighted by molar-refractivity contribution is 7.16. The molecule has 0 aliphatic carbocycles. The maximum absolute atomic E-state index is 14.5. The van der Waals surface area contributed by atoms with Gasteiger partial charge in [-0.1, -0.05) is 18.2 Å². The average molecular weight is 498 g/mol. The van der Waals surface area contributed by atoms with E-state index in [1.54, 1.807) is 19.1 Å². The van der Waals surface area contributed by atoms with Crippen molar-refractivity contribution >= 4 is 39.0 Å². The lowest BCUT2D eigenvalue weighted by molar-refractivity contribution is 0.0519. The molecule has 35 heavy (non-hydrogen) atoms. The Hall–Kier alpha value is -4.25. The van der Waals surface area contributed by atoms with Gasteiger partial charge in [0.05, 0.1) is 31.8 Å². The van der Waals surface area contributed by atoms with E-state index in [1.807, 2.05) is 0 Å². The monoisotopic (exact) mass is 497 g/mol. The smallest absolute Gasteiger partial charge is 0.359 e. The third-order valence-electron chi connectivity index (χ3n) is 5.08. The van der Waals surface area contributed by atoms with Gasteiger partial charge in [-0.15, -0.1) is 11.3 Å². The molecule has 0 unspecified atom stereocenters. The van der Waals surface area contributed by atoms with Crippen molar-refractivity contribution in [3.05, 3.63) is 75.3 Å². The van der Waals surface area contributed by atoms with E-state index in [2.05, 4.69) is 10.4 Å². The second kappa shape index (κ2) is 9.94. The molecule has 9 nitrogen and oxygen atoms in total. The van der Waals surface area contributed by atoms with Crippen molar-refractivity contribution in [2.45, 2.75) is 6.92 Å². The van der Waals surface area contributed by atoms with E-state index in [4.69, 9.17) is 14.2 Å². The van der Waals surface area contributed by atoms with Gasteiger partial charge in [0.2, 0.25) is 0 Å². The fraction of sp³-hybridized carbons (Fsp3) is 0.167. The molecule has 2 heterocycles. The molecule has 4 aromatic rings. The number of para-hydroxylation sites is 2. The zero-order valence-electron chi connectivity index (χ0n) is 19.0. The number of hydrogen-bond donors (Lipinski definition) is 1. The summed E-state index contributed by atoms with van der Waals surface area (Å²) in [5, 5.41) is 8.63. The highest BCUT2D eigenvalue weighted by Crippen LogP contribution is 2.34. The number of amides is 1. The number of hydrogen-bond acceptors (Lipinski definition) is 8. The maximum atomic E-state index is 14.5. The predicted octanol–water partition coefficient (Wildman–Crippen LogP) is 4.03. The maximum Gasteiger partial charge on any atom is 0.359 e. The van der Waals surface area contributed by atoms with Gasteiger partial charge in [0.1, 0.15) is 16.5 Å². The van der Waals surface area contributed by atoms with Crippen molar-refractivity contribution in [1.82, 2.24) is 9.78 Å². The summed E-state index contributed by atoms with van der Waals surface area (Å²) in [6.45, 7) is 1.70. The van der Waals surface area contributed by atoms with Gasteiger partial charge >= 0.3 is 5.97 Å². The van der Waals surface area contributed by atoms with Gasteiger partial charge in [0.25, 0.3) is 11.5 Å². The number of ether oxygens (including phenoxy) is 3. The number of thiophene rings is 1. The van der Waals surface area contributed by atoms with Gasteiger partial charge in [-0.25, -0.2) is 9.18 Å². The Kier molecular flexibility index (Phi) is 6.78. The van der Waals surface area contributed by atoms with Crippen molar-refractivity contribution < 1.29 is 28.2 Å². The van der Waals surface area contributed by atoms with Crippen molar-refractivity contribution in [3.8, 4) is 17.2 Å². The minimum absolute atomic E-state index is 0.00785. The van der Waals surface area contributed by atoms with E-state index in [1.165, 1.54) is 49.9 Å². The van der Waals surface area contributed by atoms with Crippen LogP contribution in [0.1, 0.15) is 27.8 Å². The van der Waals surface area contributed by atoms with Crippen molar-refractivity contribution in [2.75, 3.05) is 26.1 Å². The Balaban J connectivity index is 1.89. The van der Waals surface area contributed by atoms with Crippen LogP contribution in [0.15, 0.2) is 52.6 Å². The van der Waals surface area contributed by atoms with Gasteiger partial charge in [0.15, 0.2) is 17.2 Å². The summed E-state index contributed by atoms with van der Waals surface area (Å²) in [6.07, 6.45) is 0. The van der Waals surface area contributed by atoms with Crippen molar-refractivity contribution in [1.29, 1.82) is 0 Å². The number of rotatable bonds is 7. The number of nitrogens with zero attached hydrogens (tertiary/aromatic N) is 2. The van der Waals surface area contributed by atoms with Gasteiger partial charge in [0, 0.05) is 10.8 Å². The lowest BCUT2D eigenvalue weighted by Gasteiger charge is -2.13. The average Bonchev–Trinajstić information content (AvgIpc) is 3.28. The summed E-state index contributed by atoms with van der Waals surface area (Å²) in [5.74, 6) is -1.50. The second-order valence-electron chi connectivity index (χ2n) is 7.09. The molecule has 0 atom stereocenters. The number of methoxy groups -OCH3 is 2. The number of benzene rings is 2. The summed E-state index contributed by atoms with van der Waals surface area (Å²) in [4.78, 5) is 39.2. The molecule has 4 rings (SSSR count). The Morgan fingerprint density at radius 1 is 1.11 bits per heavy atom. The van der Waals surface area contributed by atoms with E-state index in [9.17, 15) is 18.8 Å². The molecule has 180 valence electrons. The van der Waals surface area contributed by atoms with E-state index < -0.39 is 23.3 Å². The minimum atomic E-state index is -0.785. The molecule has 0 aliphatic rings. The van der Waals surface area contributed by atoms with Crippen LogP contribution < -0.4 is 20.3 Å². The van der Waals surface area contributed by atoms with Crippen LogP contribution in [-0.2, 0) is 4.74 Å². The number of anilines is 1. The normalized spacial score (nSPS) is 10.7. The molecule has 1 N–H and O–H groups in total. The van der Waals surface area contributed by atoms with Gasteiger partial charge in [-0.05, 0) is 31.2 Å². The highest BCUT2D eigenvalue weighted by atomic mass is 32.1. The number of aromatic nitrogens is 2. The molecule has 0 bridgehead atoms. The summed E-state index contributed by atoms with van der Waals surface area (Å²) in [5.41, 5.74) is -0.877. The van der Waals surface area contributed by atoms with Crippen LogP contribution in [0.3, 0.4) is 0 Å². The first kappa shape index (κ1) is 23.9. The topological polar surface area (TPSA) is 109 Å². The molecule has 0 aliphatic heterocycles. The van der Waals surface area contributed by atoms with Gasteiger partial charge in [-0.2, -0.15) is 9.78 Å². The van der Waals surface area contributed by atoms with Crippen LogP contribution in [0.25, 0.3) is 16.5 Å². The summed E-state index contributed by atoms with van der Waals surface area (Å²) < 4.78 is 31.0. The van der Waals surface area contributed by atoms with E-state index in [-0.39, 0.29) is 45.1 Å². The van der Waals surface area contributed by atoms with Crippen LogP contribution in [-0.4, -0.2) is 42.5 Å². The molecule has 0 spiro atoms. The Morgan fingerprint density at radius 2 is 1.89 bits per heavy atom. The summed E-state index contributed by atoms with van der Waals surface area (Å²) in [6, 6.07) is 10.3. The first-order chi connectivity index (χ1) is 16.9. The Labute approximate surface area is 202 Å². The van der Waals surface area contributed by atoms with Crippen LogP contribution in [0.4, 0.5) is 9.39 Å². The first-order valence-corrected chi connectivity index (χ1v) is 11.3. The van der Waals surface area contributed by atoms with Gasteiger partial charge < -0.3 is 19.5 Å². The summed E-state index contributed by atoms with van der Waals surface area (Å²) >= 11 is 1.02. The van der Waals surface area contributed by atoms with Crippen LogP contribution >= 0.6 is 11.3 Å². The van der Waals surface area contributed by atoms with Gasteiger partial charge in [-0.3, -0.25) is 9.59 Å². The van der Waals surface area contributed by atoms with E-state index in [0.29, 0.717) is 5.75 Å². The molecule has 2 aromatic carbocycles. The molecule has 0 saturated heterocycles. The highest BCUT2D eigenvalue weighted by Gasteiger charge is 2.25. The zero-order valence-corrected chi connectivity index (χ0v) is 19.8. The molecular weight excluding hydrogens is 477 g/mol.